The van der Waals surface area contributed by atoms with Gasteiger partial charge in [-0.2, -0.15) is 5.10 Å². The molecule has 0 aliphatic carbocycles. The maximum absolute atomic E-state index is 10.7. The summed E-state index contributed by atoms with van der Waals surface area (Å²) >= 11 is 0. The van der Waals surface area contributed by atoms with Gasteiger partial charge in [-0.05, 0) is 31.5 Å². The second-order valence-corrected chi connectivity index (χ2v) is 9.01. The minimum absolute atomic E-state index is 0.299. The molecule has 4 rings (SSSR count). The first kappa shape index (κ1) is 25.6. The Morgan fingerprint density at radius 2 is 1.58 bits per heavy atom. The summed E-state index contributed by atoms with van der Waals surface area (Å²) in [5, 5.41) is 15.6. The van der Waals surface area contributed by atoms with E-state index in [0.717, 1.165) is 22.6 Å². The van der Waals surface area contributed by atoms with Gasteiger partial charge in [0.15, 0.2) is 0 Å². The lowest BCUT2D eigenvalue weighted by Gasteiger charge is -2.26. The van der Waals surface area contributed by atoms with Crippen LogP contribution in [0.2, 0.25) is 0 Å². The predicted octanol–water partition coefficient (Wildman–Crippen LogP) is 5.59. The van der Waals surface area contributed by atoms with Crippen molar-refractivity contribution in [2.24, 2.45) is 7.05 Å². The number of nitrogens with zero attached hydrogens (tertiary/aromatic N) is 3. The van der Waals surface area contributed by atoms with E-state index in [1.165, 1.54) is 11.1 Å². The molecule has 0 saturated carbocycles. The zero-order valence-corrected chi connectivity index (χ0v) is 21.3. The van der Waals surface area contributed by atoms with E-state index in [1.807, 2.05) is 74.6 Å². The molecule has 6 nitrogen and oxygen atoms in total. The first-order chi connectivity index (χ1) is 17.5. The number of aromatic nitrogens is 2. The van der Waals surface area contributed by atoms with Gasteiger partial charge in [0.25, 0.3) is 0 Å². The molecule has 1 atom stereocenters. The highest BCUT2D eigenvalue weighted by atomic mass is 16.5. The largest absolute Gasteiger partial charge is 0.439 e. The summed E-state index contributed by atoms with van der Waals surface area (Å²) in [7, 11) is 1.91. The van der Waals surface area contributed by atoms with Crippen LogP contribution in [-0.4, -0.2) is 45.6 Å². The van der Waals surface area contributed by atoms with E-state index < -0.39 is 6.10 Å². The van der Waals surface area contributed by atoms with E-state index in [9.17, 15) is 5.11 Å². The van der Waals surface area contributed by atoms with Crippen molar-refractivity contribution < 1.29 is 14.6 Å². The molecule has 3 aromatic carbocycles. The molecule has 36 heavy (non-hydrogen) atoms. The van der Waals surface area contributed by atoms with Crippen LogP contribution in [0.1, 0.15) is 23.6 Å². The molecule has 0 aliphatic rings. The molecule has 0 amide bonds. The Bertz CT molecular complexity index is 1210. The zero-order valence-electron chi connectivity index (χ0n) is 21.3. The third-order valence-corrected chi connectivity index (χ3v) is 5.98. The van der Waals surface area contributed by atoms with Crippen LogP contribution in [0.3, 0.4) is 0 Å². The molecule has 0 spiro atoms. The summed E-state index contributed by atoms with van der Waals surface area (Å²) in [5.41, 5.74) is 5.22. The third kappa shape index (κ3) is 6.82. The summed E-state index contributed by atoms with van der Waals surface area (Å²) in [4.78, 5) is 2.23. The molecule has 0 unspecified atom stereocenters. The fourth-order valence-electron chi connectivity index (χ4n) is 4.22. The van der Waals surface area contributed by atoms with Crippen molar-refractivity contribution in [2.45, 2.75) is 33.0 Å². The van der Waals surface area contributed by atoms with Crippen molar-refractivity contribution in [3.63, 3.8) is 0 Å². The highest BCUT2D eigenvalue weighted by Crippen LogP contribution is 2.34. The molecule has 188 valence electrons. The van der Waals surface area contributed by atoms with Crippen molar-refractivity contribution in [1.29, 1.82) is 0 Å². The molecular formula is C30H35N3O3. The average Bonchev–Trinajstić information content (AvgIpc) is 3.19. The quantitative estimate of drug-likeness (QED) is 0.284. The monoisotopic (exact) mass is 485 g/mol. The average molecular weight is 486 g/mol. The van der Waals surface area contributed by atoms with Gasteiger partial charge in [0, 0.05) is 38.9 Å². The topological polar surface area (TPSA) is 59.8 Å². The van der Waals surface area contributed by atoms with Crippen molar-refractivity contribution in [2.75, 3.05) is 19.8 Å². The number of hydrogen-bond donors (Lipinski definition) is 1. The lowest BCUT2D eigenvalue weighted by molar-refractivity contribution is 0.0179. The standard InChI is InChI=1S/C30H35N3O3/c1-4-35-22-26(34)20-33(19-24-11-7-5-8-12-24)21-28-29(25-13-9-6-10-14-25)31-32(3)30(28)36-27-17-15-23(2)16-18-27/h5-18,26,34H,4,19-22H2,1-3H3/t26-/m0/s1. The van der Waals surface area contributed by atoms with E-state index in [4.69, 9.17) is 14.6 Å². The van der Waals surface area contributed by atoms with Crippen LogP contribution in [0.4, 0.5) is 0 Å². The number of rotatable bonds is 12. The van der Waals surface area contributed by atoms with Crippen LogP contribution in [0, 0.1) is 6.92 Å². The van der Waals surface area contributed by atoms with Gasteiger partial charge >= 0.3 is 0 Å². The fraction of sp³-hybridized carbons (Fsp3) is 0.300. The van der Waals surface area contributed by atoms with Crippen LogP contribution in [-0.2, 0) is 24.9 Å². The summed E-state index contributed by atoms with van der Waals surface area (Å²) < 4.78 is 13.7. The lowest BCUT2D eigenvalue weighted by atomic mass is 10.1. The van der Waals surface area contributed by atoms with Gasteiger partial charge in [-0.3, -0.25) is 4.90 Å². The van der Waals surface area contributed by atoms with E-state index in [0.29, 0.717) is 38.7 Å². The fourth-order valence-corrected chi connectivity index (χ4v) is 4.22. The summed E-state index contributed by atoms with van der Waals surface area (Å²) in [6, 6.07) is 28.5. The van der Waals surface area contributed by atoms with E-state index in [2.05, 4.69) is 36.1 Å². The smallest absolute Gasteiger partial charge is 0.222 e. The summed E-state index contributed by atoms with van der Waals surface area (Å²) in [6.07, 6.45) is -0.605. The maximum atomic E-state index is 10.7. The summed E-state index contributed by atoms with van der Waals surface area (Å²) in [5.74, 6) is 1.45. The van der Waals surface area contributed by atoms with Gasteiger partial charge in [0.2, 0.25) is 5.88 Å². The summed E-state index contributed by atoms with van der Waals surface area (Å²) in [6.45, 7) is 6.56. The van der Waals surface area contributed by atoms with Crippen LogP contribution in [0.25, 0.3) is 11.3 Å². The molecular weight excluding hydrogens is 450 g/mol. The van der Waals surface area contributed by atoms with Gasteiger partial charge < -0.3 is 14.6 Å². The first-order valence-electron chi connectivity index (χ1n) is 12.4. The maximum Gasteiger partial charge on any atom is 0.222 e. The van der Waals surface area contributed by atoms with Gasteiger partial charge in [0.05, 0.1) is 18.3 Å². The second kappa shape index (κ2) is 12.5. The number of benzene rings is 3. The molecule has 0 fully saturated rings. The van der Waals surface area contributed by atoms with Crippen LogP contribution < -0.4 is 4.74 Å². The Hall–Kier alpha value is -3.45. The molecule has 4 aromatic rings. The minimum Gasteiger partial charge on any atom is -0.439 e. The van der Waals surface area contributed by atoms with Crippen LogP contribution >= 0.6 is 0 Å². The number of ether oxygens (including phenoxy) is 2. The van der Waals surface area contributed by atoms with Gasteiger partial charge in [-0.15, -0.1) is 0 Å². The molecule has 0 bridgehead atoms. The highest BCUT2D eigenvalue weighted by molar-refractivity contribution is 5.65. The van der Waals surface area contributed by atoms with E-state index in [1.54, 1.807) is 4.68 Å². The van der Waals surface area contributed by atoms with Crippen molar-refractivity contribution >= 4 is 0 Å². The third-order valence-electron chi connectivity index (χ3n) is 5.98. The normalized spacial score (nSPS) is 12.1. The predicted molar refractivity (Wildman–Crippen MR) is 143 cm³/mol. The Kier molecular flexibility index (Phi) is 8.90. The zero-order chi connectivity index (χ0) is 25.3. The highest BCUT2D eigenvalue weighted by Gasteiger charge is 2.23. The van der Waals surface area contributed by atoms with Gasteiger partial charge in [-0.1, -0.05) is 78.4 Å². The minimum atomic E-state index is -0.605. The van der Waals surface area contributed by atoms with Crippen molar-refractivity contribution in [3.8, 4) is 22.9 Å². The van der Waals surface area contributed by atoms with Gasteiger partial charge in [0.1, 0.15) is 11.4 Å². The number of hydrogen-bond acceptors (Lipinski definition) is 5. The SMILES string of the molecule is CCOC[C@@H](O)CN(Cc1ccccc1)Cc1c(-c2ccccc2)nn(C)c1Oc1ccc(C)cc1. The van der Waals surface area contributed by atoms with E-state index >= 15 is 0 Å². The van der Waals surface area contributed by atoms with Crippen molar-refractivity contribution in [1.82, 2.24) is 14.7 Å². The Balaban J connectivity index is 1.70. The molecule has 1 N–H and O–H groups in total. The van der Waals surface area contributed by atoms with Crippen LogP contribution in [0.5, 0.6) is 11.6 Å². The molecule has 1 heterocycles. The molecule has 0 radical (unpaired) electrons. The molecule has 6 heteroatoms. The molecule has 1 aromatic heterocycles. The molecule has 0 saturated heterocycles. The van der Waals surface area contributed by atoms with E-state index in [-0.39, 0.29) is 0 Å². The first-order valence-corrected chi connectivity index (χ1v) is 12.4. The van der Waals surface area contributed by atoms with Crippen LogP contribution in [0.15, 0.2) is 84.9 Å². The number of aliphatic hydroxyl groups excluding tert-OH is 1. The van der Waals surface area contributed by atoms with Gasteiger partial charge in [-0.25, -0.2) is 4.68 Å². The Morgan fingerprint density at radius 1 is 0.917 bits per heavy atom. The molecule has 0 aliphatic heterocycles. The Labute approximate surface area is 213 Å². The number of aliphatic hydroxyl groups is 1. The Morgan fingerprint density at radius 3 is 2.25 bits per heavy atom. The second-order valence-electron chi connectivity index (χ2n) is 9.01. The lowest BCUT2D eigenvalue weighted by Crippen LogP contribution is -2.34. The number of aryl methyl sites for hydroxylation is 2. The van der Waals surface area contributed by atoms with Crippen molar-refractivity contribution in [3.05, 3.63) is 102 Å².